The number of carbonyl (C=O) groups is 1. The molecule has 5 rings (SSSR count). The van der Waals surface area contributed by atoms with Crippen LogP contribution in [0.3, 0.4) is 0 Å². The van der Waals surface area contributed by atoms with E-state index in [-0.39, 0.29) is 18.3 Å². The molecule has 31 heavy (non-hydrogen) atoms. The fraction of sp³-hybridized carbons (Fsp3) is 0.222. The van der Waals surface area contributed by atoms with Crippen LogP contribution in [0.2, 0.25) is 0 Å². The quantitative estimate of drug-likeness (QED) is 0.426. The van der Waals surface area contributed by atoms with Crippen molar-refractivity contribution in [1.29, 1.82) is 0 Å². The van der Waals surface area contributed by atoms with E-state index >= 15 is 0 Å². The number of nitrogens with zero attached hydrogens (tertiary/aromatic N) is 2. The Morgan fingerprint density at radius 2 is 1.77 bits per heavy atom. The summed E-state index contributed by atoms with van der Waals surface area (Å²) in [5, 5.41) is 1.04. The normalized spacial score (nSPS) is 13.6. The second-order valence-corrected chi connectivity index (χ2v) is 8.48. The number of hydrogen-bond acceptors (Lipinski definition) is 1. The molecule has 156 valence electrons. The lowest BCUT2D eigenvalue weighted by Gasteiger charge is -2.22. The monoisotopic (exact) mass is 412 g/mol. The lowest BCUT2D eigenvalue weighted by Crippen LogP contribution is -2.31. The van der Waals surface area contributed by atoms with Gasteiger partial charge in [0.1, 0.15) is 5.82 Å². The molecular weight excluding hydrogens is 387 g/mol. The van der Waals surface area contributed by atoms with Crippen molar-refractivity contribution in [3.63, 3.8) is 0 Å². The number of carbonyl (C=O) groups excluding carboxylic acids is 1. The van der Waals surface area contributed by atoms with Gasteiger partial charge in [-0.05, 0) is 55.2 Å². The Balaban J connectivity index is 1.53. The molecule has 0 spiro atoms. The molecule has 0 atom stereocenters. The summed E-state index contributed by atoms with van der Waals surface area (Å²) in [5.41, 5.74) is 7.33. The van der Waals surface area contributed by atoms with Gasteiger partial charge < -0.3 is 9.47 Å². The van der Waals surface area contributed by atoms with Gasteiger partial charge in [-0.1, -0.05) is 48.0 Å². The van der Waals surface area contributed by atoms with Crippen molar-refractivity contribution in [2.75, 3.05) is 6.54 Å². The molecule has 1 amide bonds. The average Bonchev–Trinajstić information content (AvgIpc) is 3.05. The minimum absolute atomic E-state index is 0.0305. The Morgan fingerprint density at radius 3 is 2.61 bits per heavy atom. The summed E-state index contributed by atoms with van der Waals surface area (Å²) < 4.78 is 16.4. The van der Waals surface area contributed by atoms with Crippen LogP contribution in [0.25, 0.3) is 10.9 Å². The Labute approximate surface area is 181 Å². The zero-order chi connectivity index (χ0) is 21.5. The van der Waals surface area contributed by atoms with E-state index in [0.29, 0.717) is 17.7 Å². The SMILES string of the molecule is Cc1ccc(C)c(Cn2cc3c4c(cccc42)C(=O)N(Cc2ccccc2F)CC3)c1. The number of benzene rings is 3. The van der Waals surface area contributed by atoms with Crippen LogP contribution in [0.15, 0.2) is 66.9 Å². The zero-order valence-electron chi connectivity index (χ0n) is 17.9. The van der Waals surface area contributed by atoms with Gasteiger partial charge in [0.2, 0.25) is 0 Å². The maximum atomic E-state index is 14.2. The minimum atomic E-state index is -0.268. The van der Waals surface area contributed by atoms with Crippen molar-refractivity contribution in [3.05, 3.63) is 106 Å². The molecule has 1 aromatic heterocycles. The Hall–Kier alpha value is -3.40. The predicted molar refractivity (Wildman–Crippen MR) is 122 cm³/mol. The van der Waals surface area contributed by atoms with E-state index in [1.165, 1.54) is 28.3 Å². The van der Waals surface area contributed by atoms with Crippen LogP contribution in [0.5, 0.6) is 0 Å². The number of aromatic nitrogens is 1. The third kappa shape index (κ3) is 3.52. The molecular formula is C27H25FN2O. The standard InChI is InChI=1S/C27H25FN2O/c1-18-10-11-19(2)22(14-18)17-30-16-21-12-13-29(15-20-6-3-4-8-24(20)28)27(31)23-7-5-9-25(30)26(21)23/h3-11,14,16H,12-13,15,17H2,1-2H3. The average molecular weight is 413 g/mol. The molecule has 0 N–H and O–H groups in total. The van der Waals surface area contributed by atoms with Crippen LogP contribution >= 0.6 is 0 Å². The van der Waals surface area contributed by atoms with Crippen LogP contribution in [-0.4, -0.2) is 21.9 Å². The molecule has 1 aliphatic heterocycles. The second kappa shape index (κ2) is 7.69. The smallest absolute Gasteiger partial charge is 0.254 e. The lowest BCUT2D eigenvalue weighted by molar-refractivity contribution is 0.0749. The predicted octanol–water partition coefficient (Wildman–Crippen LogP) is 5.64. The first-order valence-electron chi connectivity index (χ1n) is 10.7. The van der Waals surface area contributed by atoms with Crippen LogP contribution in [-0.2, 0) is 19.5 Å². The molecule has 0 aliphatic carbocycles. The summed E-state index contributed by atoms with van der Waals surface area (Å²) in [5.74, 6) is -0.298. The van der Waals surface area contributed by atoms with E-state index in [4.69, 9.17) is 0 Å². The van der Waals surface area contributed by atoms with Gasteiger partial charge in [-0.2, -0.15) is 0 Å². The number of amides is 1. The fourth-order valence-electron chi connectivity index (χ4n) is 4.60. The topological polar surface area (TPSA) is 25.2 Å². The number of hydrogen-bond donors (Lipinski definition) is 0. The molecule has 0 fully saturated rings. The first-order chi connectivity index (χ1) is 15.0. The third-order valence-electron chi connectivity index (χ3n) is 6.32. The zero-order valence-corrected chi connectivity index (χ0v) is 17.9. The van der Waals surface area contributed by atoms with E-state index in [1.54, 1.807) is 17.0 Å². The van der Waals surface area contributed by atoms with E-state index < -0.39 is 0 Å². The van der Waals surface area contributed by atoms with E-state index in [0.717, 1.165) is 23.9 Å². The Bertz CT molecular complexity index is 1300. The number of aryl methyl sites for hydroxylation is 2. The summed E-state index contributed by atoms with van der Waals surface area (Å²) in [6.45, 7) is 5.89. The number of rotatable bonds is 4. The highest BCUT2D eigenvalue weighted by molar-refractivity contribution is 6.08. The molecule has 4 heteroatoms. The van der Waals surface area contributed by atoms with Gasteiger partial charge in [0, 0.05) is 47.9 Å². The van der Waals surface area contributed by atoms with E-state index in [1.807, 2.05) is 18.2 Å². The van der Waals surface area contributed by atoms with Gasteiger partial charge in [0.05, 0.1) is 0 Å². The molecule has 3 nitrogen and oxygen atoms in total. The summed E-state index contributed by atoms with van der Waals surface area (Å²) >= 11 is 0. The summed E-state index contributed by atoms with van der Waals surface area (Å²) in [4.78, 5) is 15.2. The van der Waals surface area contributed by atoms with Crippen LogP contribution in [0.1, 0.15) is 38.2 Å². The van der Waals surface area contributed by atoms with Gasteiger partial charge >= 0.3 is 0 Å². The molecule has 0 saturated carbocycles. The second-order valence-electron chi connectivity index (χ2n) is 8.48. The molecule has 0 unspecified atom stereocenters. The van der Waals surface area contributed by atoms with Gasteiger partial charge in [0.25, 0.3) is 5.91 Å². The molecule has 2 heterocycles. The van der Waals surface area contributed by atoms with Crippen molar-refractivity contribution < 1.29 is 9.18 Å². The van der Waals surface area contributed by atoms with Crippen LogP contribution in [0, 0.1) is 19.7 Å². The molecule has 1 aliphatic rings. The Morgan fingerprint density at radius 1 is 0.935 bits per heavy atom. The molecule has 0 bridgehead atoms. The summed E-state index contributed by atoms with van der Waals surface area (Å²) in [6, 6.07) is 19.2. The van der Waals surface area contributed by atoms with Crippen LogP contribution < -0.4 is 0 Å². The highest BCUT2D eigenvalue weighted by Crippen LogP contribution is 2.31. The van der Waals surface area contributed by atoms with E-state index in [2.05, 4.69) is 48.9 Å². The van der Waals surface area contributed by atoms with Gasteiger partial charge in [-0.3, -0.25) is 4.79 Å². The van der Waals surface area contributed by atoms with Crippen molar-refractivity contribution in [3.8, 4) is 0 Å². The van der Waals surface area contributed by atoms with Gasteiger partial charge in [-0.15, -0.1) is 0 Å². The Kier molecular flexibility index (Phi) is 4.85. The van der Waals surface area contributed by atoms with Crippen LogP contribution in [0.4, 0.5) is 4.39 Å². The highest BCUT2D eigenvalue weighted by Gasteiger charge is 2.26. The largest absolute Gasteiger partial charge is 0.343 e. The maximum absolute atomic E-state index is 14.2. The first-order valence-corrected chi connectivity index (χ1v) is 10.7. The van der Waals surface area contributed by atoms with Crippen molar-refractivity contribution in [2.45, 2.75) is 33.4 Å². The van der Waals surface area contributed by atoms with Gasteiger partial charge in [0.15, 0.2) is 0 Å². The lowest BCUT2D eigenvalue weighted by atomic mass is 10.0. The first kappa shape index (κ1) is 19.6. The van der Waals surface area contributed by atoms with Crippen molar-refractivity contribution in [2.24, 2.45) is 0 Å². The van der Waals surface area contributed by atoms with Crippen molar-refractivity contribution in [1.82, 2.24) is 9.47 Å². The summed E-state index contributed by atoms with van der Waals surface area (Å²) in [7, 11) is 0. The maximum Gasteiger partial charge on any atom is 0.254 e. The van der Waals surface area contributed by atoms with Crippen molar-refractivity contribution >= 4 is 16.8 Å². The van der Waals surface area contributed by atoms with Gasteiger partial charge in [-0.25, -0.2) is 4.39 Å². The number of halogens is 1. The van der Waals surface area contributed by atoms with E-state index in [9.17, 15) is 9.18 Å². The third-order valence-corrected chi connectivity index (χ3v) is 6.32. The molecule has 3 aromatic carbocycles. The summed E-state index contributed by atoms with van der Waals surface area (Å²) in [6.07, 6.45) is 2.95. The fourth-order valence-corrected chi connectivity index (χ4v) is 4.60. The molecule has 0 saturated heterocycles. The highest BCUT2D eigenvalue weighted by atomic mass is 19.1. The molecule has 4 aromatic rings. The minimum Gasteiger partial charge on any atom is -0.343 e. The molecule has 0 radical (unpaired) electrons.